The summed E-state index contributed by atoms with van der Waals surface area (Å²) < 4.78 is 0. The predicted octanol–water partition coefficient (Wildman–Crippen LogP) is -1.73. The lowest BCUT2D eigenvalue weighted by molar-refractivity contribution is -0.171. The fraction of sp³-hybridized carbons (Fsp3) is 0.333. The smallest absolute Gasteiger partial charge is 0.211 e. The van der Waals surface area contributed by atoms with Gasteiger partial charge in [0.2, 0.25) is 5.60 Å². The fourth-order valence-electron chi connectivity index (χ4n) is 1.72. The first kappa shape index (κ1) is 18.1. The molecule has 0 aromatic heterocycles. The molecule has 0 aliphatic carbocycles. The summed E-state index contributed by atoms with van der Waals surface area (Å²) in [6.45, 7) is -0.915. The molecule has 4 unspecified atom stereocenters. The van der Waals surface area contributed by atoms with Gasteiger partial charge in [0.1, 0.15) is 18.3 Å². The maximum atomic E-state index is 11.9. The summed E-state index contributed by atoms with van der Waals surface area (Å²) in [5.74, 6) is -1.16. The van der Waals surface area contributed by atoms with Gasteiger partial charge in [0.25, 0.3) is 0 Å². The van der Waals surface area contributed by atoms with Crippen LogP contribution in [0, 0.1) is 0 Å². The topological polar surface area (TPSA) is 135 Å². The number of aliphatic hydroxyl groups excluding tert-OH is 4. The van der Waals surface area contributed by atoms with E-state index in [0.717, 1.165) is 6.08 Å². The Hall–Kier alpha value is -1.90. The molecule has 0 fully saturated rings. The summed E-state index contributed by atoms with van der Waals surface area (Å²) in [6.07, 6.45) is -4.20. The summed E-state index contributed by atoms with van der Waals surface area (Å²) in [5.41, 5.74) is -2.31. The van der Waals surface area contributed by atoms with Crippen molar-refractivity contribution in [1.29, 1.82) is 0 Å². The third kappa shape index (κ3) is 4.06. The number of aldehydes is 1. The molecule has 0 aliphatic heterocycles. The largest absolute Gasteiger partial charge is 0.394 e. The normalized spacial score (nSPS) is 18.4. The van der Waals surface area contributed by atoms with E-state index < -0.39 is 36.3 Å². The van der Waals surface area contributed by atoms with Crippen molar-refractivity contribution in [1.82, 2.24) is 0 Å². The zero-order chi connectivity index (χ0) is 16.8. The molecular formula is C15H18O7. The van der Waals surface area contributed by atoms with Crippen molar-refractivity contribution in [3.8, 4) is 0 Å². The van der Waals surface area contributed by atoms with Crippen molar-refractivity contribution >= 4 is 18.1 Å². The van der Waals surface area contributed by atoms with Gasteiger partial charge in [-0.2, -0.15) is 0 Å². The predicted molar refractivity (Wildman–Crippen MR) is 76.6 cm³/mol. The van der Waals surface area contributed by atoms with Crippen molar-refractivity contribution in [3.63, 3.8) is 0 Å². The zero-order valence-electron chi connectivity index (χ0n) is 11.6. The summed E-state index contributed by atoms with van der Waals surface area (Å²) in [6, 6.07) is 8.53. The van der Waals surface area contributed by atoms with Gasteiger partial charge >= 0.3 is 0 Å². The van der Waals surface area contributed by atoms with E-state index in [9.17, 15) is 30.0 Å². The lowest BCUT2D eigenvalue weighted by Crippen LogP contribution is -2.58. The average molecular weight is 310 g/mol. The van der Waals surface area contributed by atoms with Gasteiger partial charge in [0.15, 0.2) is 12.1 Å². The molecule has 1 aromatic rings. The number of ketones is 1. The Kier molecular flexibility index (Phi) is 6.54. The number of rotatable bonds is 8. The van der Waals surface area contributed by atoms with Crippen LogP contribution in [0.25, 0.3) is 6.08 Å². The number of aliphatic hydroxyl groups is 5. The van der Waals surface area contributed by atoms with Gasteiger partial charge in [-0.25, -0.2) is 0 Å². The Morgan fingerprint density at radius 1 is 1.18 bits per heavy atom. The van der Waals surface area contributed by atoms with Gasteiger partial charge in [-0.05, 0) is 11.6 Å². The molecule has 0 heterocycles. The van der Waals surface area contributed by atoms with E-state index in [1.165, 1.54) is 6.08 Å². The van der Waals surface area contributed by atoms with Gasteiger partial charge in [0, 0.05) is 0 Å². The van der Waals surface area contributed by atoms with Gasteiger partial charge in [0.05, 0.1) is 6.61 Å². The van der Waals surface area contributed by atoms with Crippen LogP contribution in [-0.4, -0.2) is 68.1 Å². The molecule has 1 rings (SSSR count). The number of carbonyl (C=O) groups is 2. The van der Waals surface area contributed by atoms with Gasteiger partial charge in [-0.3, -0.25) is 9.59 Å². The first-order chi connectivity index (χ1) is 10.4. The van der Waals surface area contributed by atoms with E-state index >= 15 is 0 Å². The lowest BCUT2D eigenvalue weighted by Gasteiger charge is -2.30. The van der Waals surface area contributed by atoms with Crippen molar-refractivity contribution in [2.75, 3.05) is 6.61 Å². The molecule has 0 saturated heterocycles. The van der Waals surface area contributed by atoms with Crippen LogP contribution in [0.1, 0.15) is 5.56 Å². The lowest BCUT2D eigenvalue weighted by atomic mass is 9.87. The maximum absolute atomic E-state index is 11.9. The van der Waals surface area contributed by atoms with Crippen LogP contribution < -0.4 is 0 Å². The van der Waals surface area contributed by atoms with E-state index in [0.29, 0.717) is 5.56 Å². The van der Waals surface area contributed by atoms with E-state index in [-0.39, 0.29) is 6.29 Å². The highest BCUT2D eigenvalue weighted by Gasteiger charge is 2.47. The second kappa shape index (κ2) is 7.92. The van der Waals surface area contributed by atoms with Crippen LogP contribution in [0.4, 0.5) is 0 Å². The number of hydrogen-bond donors (Lipinski definition) is 5. The molecule has 0 aliphatic rings. The van der Waals surface area contributed by atoms with Crippen LogP contribution in [0.3, 0.4) is 0 Å². The van der Waals surface area contributed by atoms with Crippen LogP contribution in [0.5, 0.6) is 0 Å². The minimum Gasteiger partial charge on any atom is -0.394 e. The Morgan fingerprint density at radius 2 is 1.77 bits per heavy atom. The first-order valence-electron chi connectivity index (χ1n) is 6.48. The molecule has 4 atom stereocenters. The highest BCUT2D eigenvalue weighted by Crippen LogP contribution is 2.17. The molecule has 0 saturated carbocycles. The molecule has 7 heteroatoms. The van der Waals surface area contributed by atoms with Crippen LogP contribution >= 0.6 is 0 Å². The van der Waals surface area contributed by atoms with Crippen molar-refractivity contribution in [3.05, 3.63) is 42.0 Å². The van der Waals surface area contributed by atoms with Gasteiger partial charge in [-0.1, -0.05) is 36.4 Å². The molecule has 1 aromatic carbocycles. The van der Waals surface area contributed by atoms with Crippen LogP contribution in [0.2, 0.25) is 0 Å². The van der Waals surface area contributed by atoms with E-state index in [4.69, 9.17) is 5.11 Å². The van der Waals surface area contributed by atoms with Crippen LogP contribution in [-0.2, 0) is 9.59 Å². The fourth-order valence-corrected chi connectivity index (χ4v) is 1.72. The zero-order valence-corrected chi connectivity index (χ0v) is 11.6. The second-order valence-electron chi connectivity index (χ2n) is 4.74. The summed E-state index contributed by atoms with van der Waals surface area (Å²) in [4.78, 5) is 23.0. The summed E-state index contributed by atoms with van der Waals surface area (Å²) in [7, 11) is 0. The molecule has 22 heavy (non-hydrogen) atoms. The number of carbonyl (C=O) groups excluding carboxylic acids is 2. The molecule has 7 nitrogen and oxygen atoms in total. The molecule has 0 radical (unpaired) electrons. The third-order valence-corrected chi connectivity index (χ3v) is 3.16. The standard InChI is InChI=1S/C15H18O7/c16-8-11(18)13(20)14(21)15(22,9-17)12(19)7-6-10-4-2-1-3-5-10/h1-7,9,11,13-14,16,18,20-22H,8H2. The summed E-state index contributed by atoms with van der Waals surface area (Å²) in [5, 5.41) is 47.2. The maximum Gasteiger partial charge on any atom is 0.211 e. The molecule has 120 valence electrons. The highest BCUT2D eigenvalue weighted by molar-refractivity contribution is 6.10. The van der Waals surface area contributed by atoms with E-state index in [1.807, 2.05) is 0 Å². The minimum atomic E-state index is -2.93. The monoisotopic (exact) mass is 310 g/mol. The minimum absolute atomic E-state index is 0.220. The third-order valence-electron chi connectivity index (χ3n) is 3.16. The first-order valence-corrected chi connectivity index (χ1v) is 6.48. The van der Waals surface area contributed by atoms with Crippen molar-refractivity contribution in [2.45, 2.75) is 23.9 Å². The quantitative estimate of drug-likeness (QED) is 0.219. The molecule has 0 bridgehead atoms. The molecule has 0 amide bonds. The van der Waals surface area contributed by atoms with Crippen LogP contribution in [0.15, 0.2) is 36.4 Å². The Bertz CT molecular complexity index is 528. The summed E-state index contributed by atoms with van der Waals surface area (Å²) >= 11 is 0. The Morgan fingerprint density at radius 3 is 2.27 bits per heavy atom. The van der Waals surface area contributed by atoms with Gasteiger partial charge in [-0.15, -0.1) is 0 Å². The Labute approximate surface area is 126 Å². The number of benzene rings is 1. The SMILES string of the molecule is O=CC(O)(C(=O)C=Cc1ccccc1)C(O)C(O)C(O)CO. The average Bonchev–Trinajstić information content (AvgIpc) is 2.57. The second-order valence-corrected chi connectivity index (χ2v) is 4.74. The number of hydrogen-bond acceptors (Lipinski definition) is 7. The Balaban J connectivity index is 2.94. The highest BCUT2D eigenvalue weighted by atomic mass is 16.4. The molecule has 0 spiro atoms. The van der Waals surface area contributed by atoms with Crippen molar-refractivity contribution in [2.24, 2.45) is 0 Å². The van der Waals surface area contributed by atoms with E-state index in [1.54, 1.807) is 30.3 Å². The van der Waals surface area contributed by atoms with Crippen molar-refractivity contribution < 1.29 is 35.1 Å². The van der Waals surface area contributed by atoms with E-state index in [2.05, 4.69) is 0 Å². The van der Waals surface area contributed by atoms with Gasteiger partial charge < -0.3 is 25.5 Å². The molecular weight excluding hydrogens is 292 g/mol. The molecule has 5 N–H and O–H groups in total.